The summed E-state index contributed by atoms with van der Waals surface area (Å²) in [5.41, 5.74) is 0. The van der Waals surface area contributed by atoms with Crippen molar-refractivity contribution >= 4 is 27.3 Å². The zero-order chi connectivity index (χ0) is 11.8. The van der Waals surface area contributed by atoms with Gasteiger partial charge in [-0.2, -0.15) is 4.31 Å². The molecule has 1 saturated heterocycles. The number of nitrogens with zero attached hydrogens (tertiary/aromatic N) is 1. The van der Waals surface area contributed by atoms with E-state index in [1.165, 1.54) is 11.3 Å². The Bertz CT molecular complexity index is 480. The molecular weight excluding hydrogens is 250 g/mol. The van der Waals surface area contributed by atoms with Gasteiger partial charge in [-0.05, 0) is 17.9 Å². The Balaban J connectivity index is 2.38. The van der Waals surface area contributed by atoms with Gasteiger partial charge in [0.15, 0.2) is 6.04 Å². The van der Waals surface area contributed by atoms with Crippen molar-refractivity contribution in [3.05, 3.63) is 22.4 Å². The highest BCUT2D eigenvalue weighted by molar-refractivity contribution is 7.89. The lowest BCUT2D eigenvalue weighted by Gasteiger charge is -2.21. The van der Waals surface area contributed by atoms with Gasteiger partial charge in [0.05, 0.1) is 5.75 Å². The number of aliphatic carboxylic acids is 1. The van der Waals surface area contributed by atoms with Crippen molar-refractivity contribution in [1.82, 2.24) is 4.31 Å². The molecular formula is C9H11NO4S2. The molecule has 1 aromatic heterocycles. The van der Waals surface area contributed by atoms with E-state index in [0.29, 0.717) is 11.3 Å². The molecule has 1 aliphatic heterocycles. The van der Waals surface area contributed by atoms with E-state index in [2.05, 4.69) is 0 Å². The van der Waals surface area contributed by atoms with Crippen LogP contribution in [-0.2, 0) is 14.8 Å². The van der Waals surface area contributed by atoms with Crippen LogP contribution >= 0.6 is 11.3 Å². The first-order valence-electron chi connectivity index (χ1n) is 4.78. The van der Waals surface area contributed by atoms with Crippen molar-refractivity contribution in [1.29, 1.82) is 0 Å². The lowest BCUT2D eigenvalue weighted by molar-refractivity contribution is -0.141. The highest BCUT2D eigenvalue weighted by Gasteiger charge is 2.39. The van der Waals surface area contributed by atoms with Gasteiger partial charge in [0, 0.05) is 11.4 Å². The Kier molecular flexibility index (Phi) is 3.00. The van der Waals surface area contributed by atoms with Gasteiger partial charge in [-0.3, -0.25) is 4.79 Å². The topological polar surface area (TPSA) is 74.7 Å². The zero-order valence-electron chi connectivity index (χ0n) is 8.37. The van der Waals surface area contributed by atoms with Gasteiger partial charge in [-0.15, -0.1) is 11.3 Å². The number of hydrogen-bond acceptors (Lipinski definition) is 4. The molecule has 0 aliphatic carbocycles. The summed E-state index contributed by atoms with van der Waals surface area (Å²) < 4.78 is 24.4. The van der Waals surface area contributed by atoms with Gasteiger partial charge < -0.3 is 5.11 Å². The van der Waals surface area contributed by atoms with Crippen LogP contribution < -0.4 is 0 Å². The second-order valence-corrected chi connectivity index (χ2v) is 6.56. The van der Waals surface area contributed by atoms with Crippen molar-refractivity contribution in [2.24, 2.45) is 0 Å². The Morgan fingerprint density at radius 2 is 2.31 bits per heavy atom. The molecule has 2 rings (SSSR count). The van der Waals surface area contributed by atoms with Crippen LogP contribution in [0, 0.1) is 0 Å². The van der Waals surface area contributed by atoms with Crippen molar-refractivity contribution in [3.8, 4) is 0 Å². The molecule has 0 aromatic carbocycles. The quantitative estimate of drug-likeness (QED) is 0.877. The van der Waals surface area contributed by atoms with Crippen LogP contribution in [0.4, 0.5) is 0 Å². The van der Waals surface area contributed by atoms with Crippen molar-refractivity contribution in [2.75, 3.05) is 12.3 Å². The molecule has 7 heteroatoms. The normalized spacial score (nSPS) is 22.0. The summed E-state index contributed by atoms with van der Waals surface area (Å²) >= 11 is 1.26. The molecule has 16 heavy (non-hydrogen) atoms. The maximum atomic E-state index is 11.7. The van der Waals surface area contributed by atoms with Gasteiger partial charge in [0.25, 0.3) is 0 Å². The Morgan fingerprint density at radius 1 is 1.56 bits per heavy atom. The average molecular weight is 261 g/mol. The number of carbonyl (C=O) groups is 1. The molecule has 1 aromatic rings. The first-order chi connectivity index (χ1) is 7.52. The standard InChI is InChI=1S/C9H11NO4S2/c11-9(12)8(7-3-1-5-15-7)10-4-2-6-16(10,13)14/h1,3,5,8H,2,4,6H2,(H,11,12). The summed E-state index contributed by atoms with van der Waals surface area (Å²) in [6, 6.07) is 2.31. The number of carboxylic acid groups (broad SMARTS) is 1. The predicted octanol–water partition coefficient (Wildman–Crippen LogP) is 0.909. The molecule has 0 spiro atoms. The fraction of sp³-hybridized carbons (Fsp3) is 0.444. The number of sulfonamides is 1. The van der Waals surface area contributed by atoms with E-state index >= 15 is 0 Å². The van der Waals surface area contributed by atoms with E-state index in [0.717, 1.165) is 4.31 Å². The van der Waals surface area contributed by atoms with E-state index in [4.69, 9.17) is 5.11 Å². The second kappa shape index (κ2) is 4.15. The number of thiophene rings is 1. The highest BCUT2D eigenvalue weighted by atomic mass is 32.2. The van der Waals surface area contributed by atoms with Gasteiger partial charge in [-0.25, -0.2) is 8.42 Å². The van der Waals surface area contributed by atoms with Crippen LogP contribution in [0.2, 0.25) is 0 Å². The third-order valence-electron chi connectivity index (χ3n) is 2.47. The molecule has 1 unspecified atom stereocenters. The van der Waals surface area contributed by atoms with Crippen LogP contribution in [0.1, 0.15) is 17.3 Å². The Hall–Kier alpha value is -0.920. The number of carboxylic acids is 1. The third-order valence-corrected chi connectivity index (χ3v) is 5.31. The predicted molar refractivity (Wildman–Crippen MR) is 59.8 cm³/mol. The van der Waals surface area contributed by atoms with Crippen molar-refractivity contribution < 1.29 is 18.3 Å². The van der Waals surface area contributed by atoms with Gasteiger partial charge >= 0.3 is 5.97 Å². The summed E-state index contributed by atoms with van der Waals surface area (Å²) in [5, 5.41) is 10.9. The number of hydrogen-bond donors (Lipinski definition) is 1. The summed E-state index contributed by atoms with van der Waals surface area (Å²) in [5.74, 6) is -1.07. The monoisotopic (exact) mass is 261 g/mol. The molecule has 2 heterocycles. The lowest BCUT2D eigenvalue weighted by atomic mass is 10.2. The maximum Gasteiger partial charge on any atom is 0.327 e. The second-order valence-electron chi connectivity index (χ2n) is 3.54. The fourth-order valence-electron chi connectivity index (χ4n) is 1.78. The lowest BCUT2D eigenvalue weighted by Crippen LogP contribution is -2.34. The van der Waals surface area contributed by atoms with Crippen LogP contribution in [-0.4, -0.2) is 36.1 Å². The molecule has 0 saturated carbocycles. The highest BCUT2D eigenvalue weighted by Crippen LogP contribution is 2.31. The minimum atomic E-state index is -3.40. The molecule has 1 fully saturated rings. The minimum absolute atomic E-state index is 0.0438. The minimum Gasteiger partial charge on any atom is -0.480 e. The summed E-state index contributed by atoms with van der Waals surface area (Å²) in [6.07, 6.45) is 0.498. The molecule has 1 atom stereocenters. The van der Waals surface area contributed by atoms with E-state index in [1.807, 2.05) is 0 Å². The molecule has 0 amide bonds. The first kappa shape index (κ1) is 11.6. The van der Waals surface area contributed by atoms with E-state index in [9.17, 15) is 13.2 Å². The molecule has 1 aliphatic rings. The van der Waals surface area contributed by atoms with Crippen LogP contribution in [0.3, 0.4) is 0 Å². The molecule has 1 N–H and O–H groups in total. The number of rotatable bonds is 3. The van der Waals surface area contributed by atoms with Crippen molar-refractivity contribution in [2.45, 2.75) is 12.5 Å². The Morgan fingerprint density at radius 3 is 2.75 bits per heavy atom. The molecule has 0 radical (unpaired) electrons. The maximum absolute atomic E-state index is 11.7. The smallest absolute Gasteiger partial charge is 0.327 e. The van der Waals surface area contributed by atoms with Gasteiger partial charge in [0.2, 0.25) is 10.0 Å². The van der Waals surface area contributed by atoms with E-state index in [-0.39, 0.29) is 12.3 Å². The van der Waals surface area contributed by atoms with Gasteiger partial charge in [0.1, 0.15) is 0 Å². The summed E-state index contributed by atoms with van der Waals surface area (Å²) in [6.45, 7) is 0.289. The van der Waals surface area contributed by atoms with Crippen LogP contribution in [0.5, 0.6) is 0 Å². The fourth-order valence-corrected chi connectivity index (χ4v) is 4.34. The van der Waals surface area contributed by atoms with Crippen molar-refractivity contribution in [3.63, 3.8) is 0 Å². The van der Waals surface area contributed by atoms with Crippen LogP contribution in [0.15, 0.2) is 17.5 Å². The zero-order valence-corrected chi connectivity index (χ0v) is 10.00. The van der Waals surface area contributed by atoms with Crippen LogP contribution in [0.25, 0.3) is 0 Å². The Labute approximate surface area is 97.4 Å². The molecule has 5 nitrogen and oxygen atoms in total. The van der Waals surface area contributed by atoms with E-state index in [1.54, 1.807) is 17.5 Å². The first-order valence-corrected chi connectivity index (χ1v) is 7.27. The SMILES string of the molecule is O=C(O)C(c1cccs1)N1CCCS1(=O)=O. The van der Waals surface area contributed by atoms with E-state index < -0.39 is 22.0 Å². The molecule has 0 bridgehead atoms. The molecule has 88 valence electrons. The average Bonchev–Trinajstić information content (AvgIpc) is 2.77. The third kappa shape index (κ3) is 1.98. The largest absolute Gasteiger partial charge is 0.480 e. The van der Waals surface area contributed by atoms with Gasteiger partial charge in [-0.1, -0.05) is 6.07 Å². The summed E-state index contributed by atoms with van der Waals surface area (Å²) in [7, 11) is -3.40. The summed E-state index contributed by atoms with van der Waals surface area (Å²) in [4.78, 5) is 11.7.